The van der Waals surface area contributed by atoms with Crippen LogP contribution in [0.2, 0.25) is 0 Å². The minimum absolute atomic E-state index is 0.0228. The quantitative estimate of drug-likeness (QED) is 0.567. The minimum atomic E-state index is -3.58. The van der Waals surface area contributed by atoms with Gasteiger partial charge in [0.15, 0.2) is 5.82 Å². The molecule has 8 heteroatoms. The molecule has 1 aromatic heterocycles. The van der Waals surface area contributed by atoms with Gasteiger partial charge >= 0.3 is 0 Å². The highest BCUT2D eigenvalue weighted by Gasteiger charge is 2.20. The number of aliphatic hydroxyl groups is 1. The Kier molecular flexibility index (Phi) is 6.26. The zero-order valence-corrected chi connectivity index (χ0v) is 12.0. The van der Waals surface area contributed by atoms with Gasteiger partial charge in [-0.1, -0.05) is 12.8 Å². The fourth-order valence-corrected chi connectivity index (χ4v) is 2.81. The van der Waals surface area contributed by atoms with Crippen LogP contribution in [0, 0.1) is 0 Å². The average molecular weight is 290 g/mol. The smallest absolute Gasteiger partial charge is 0.245 e. The summed E-state index contributed by atoms with van der Waals surface area (Å²) >= 11 is 0. The van der Waals surface area contributed by atoms with Crippen molar-refractivity contribution in [1.29, 1.82) is 0 Å². The van der Waals surface area contributed by atoms with Crippen LogP contribution in [0.5, 0.6) is 0 Å². The summed E-state index contributed by atoms with van der Waals surface area (Å²) in [5.41, 5.74) is 5.59. The van der Waals surface area contributed by atoms with Crippen LogP contribution in [-0.4, -0.2) is 36.5 Å². The van der Waals surface area contributed by atoms with Crippen molar-refractivity contribution in [3.63, 3.8) is 0 Å². The maximum Gasteiger partial charge on any atom is 0.245 e. The summed E-state index contributed by atoms with van der Waals surface area (Å²) in [7, 11) is -3.58. The number of nitrogens with zero attached hydrogens (tertiary/aromatic N) is 2. The summed E-state index contributed by atoms with van der Waals surface area (Å²) in [5.74, 6) is 0.0228. The van der Waals surface area contributed by atoms with E-state index in [0.717, 1.165) is 25.7 Å². The second-order valence-corrected chi connectivity index (χ2v) is 6.01. The van der Waals surface area contributed by atoms with E-state index in [-0.39, 0.29) is 17.3 Å². The van der Waals surface area contributed by atoms with E-state index in [9.17, 15) is 8.42 Å². The lowest BCUT2D eigenvalue weighted by atomic mass is 10.2. The third-order valence-electron chi connectivity index (χ3n) is 2.75. The molecule has 1 rings (SSSR count). The molecule has 0 saturated carbocycles. The van der Waals surface area contributed by atoms with Crippen molar-refractivity contribution in [1.82, 2.24) is 14.5 Å². The lowest BCUT2D eigenvalue weighted by Crippen LogP contribution is -2.25. The monoisotopic (exact) mass is 290 g/mol. The van der Waals surface area contributed by atoms with Crippen molar-refractivity contribution in [3.8, 4) is 0 Å². The maximum atomic E-state index is 12.0. The molecular weight excluding hydrogens is 268 g/mol. The van der Waals surface area contributed by atoms with Gasteiger partial charge in [0.05, 0.1) is 0 Å². The molecule has 0 radical (unpaired) electrons. The number of nitrogens with two attached hydrogens (primary N) is 1. The zero-order chi connectivity index (χ0) is 14.3. The third kappa shape index (κ3) is 4.81. The molecule has 1 aromatic rings. The fraction of sp³-hybridized carbons (Fsp3) is 0.727. The lowest BCUT2D eigenvalue weighted by molar-refractivity contribution is 0.282. The highest BCUT2D eigenvalue weighted by Crippen LogP contribution is 2.15. The summed E-state index contributed by atoms with van der Waals surface area (Å²) in [5, 5.41) is 12.5. The number of anilines is 1. The van der Waals surface area contributed by atoms with Crippen LogP contribution < -0.4 is 10.5 Å². The van der Waals surface area contributed by atoms with Gasteiger partial charge in [0, 0.05) is 25.9 Å². The molecule has 0 aliphatic heterocycles. The summed E-state index contributed by atoms with van der Waals surface area (Å²) in [6.07, 6.45) is 4.70. The number of hydrogen-bond donors (Lipinski definition) is 3. The SMILES string of the molecule is CCn1cc(S(=O)(=O)NCCCCCCO)c(N)n1. The molecule has 0 aromatic carbocycles. The van der Waals surface area contributed by atoms with Crippen LogP contribution in [0.25, 0.3) is 0 Å². The van der Waals surface area contributed by atoms with Gasteiger partial charge in [0.1, 0.15) is 4.90 Å². The van der Waals surface area contributed by atoms with Crippen LogP contribution >= 0.6 is 0 Å². The number of nitrogens with one attached hydrogen (secondary N) is 1. The zero-order valence-electron chi connectivity index (χ0n) is 11.2. The molecule has 110 valence electrons. The summed E-state index contributed by atoms with van der Waals surface area (Å²) in [6.45, 7) is 2.97. The van der Waals surface area contributed by atoms with Crippen molar-refractivity contribution in [2.75, 3.05) is 18.9 Å². The van der Waals surface area contributed by atoms with E-state index in [1.807, 2.05) is 6.92 Å². The molecule has 0 spiro atoms. The number of aryl methyl sites for hydroxylation is 1. The first-order chi connectivity index (χ1) is 9.01. The van der Waals surface area contributed by atoms with Crippen LogP contribution in [0.15, 0.2) is 11.1 Å². The molecule has 0 saturated heterocycles. The van der Waals surface area contributed by atoms with Crippen LogP contribution in [0.3, 0.4) is 0 Å². The van der Waals surface area contributed by atoms with Crippen molar-refractivity contribution in [2.24, 2.45) is 0 Å². The molecule has 7 nitrogen and oxygen atoms in total. The van der Waals surface area contributed by atoms with Crippen LogP contribution in [0.1, 0.15) is 32.6 Å². The molecular formula is C11H22N4O3S. The molecule has 4 N–H and O–H groups in total. The topological polar surface area (TPSA) is 110 Å². The number of aliphatic hydroxyl groups excluding tert-OH is 1. The first-order valence-electron chi connectivity index (χ1n) is 6.44. The van der Waals surface area contributed by atoms with Crippen molar-refractivity contribution >= 4 is 15.8 Å². The molecule has 0 aliphatic carbocycles. The van der Waals surface area contributed by atoms with E-state index >= 15 is 0 Å². The molecule has 0 fully saturated rings. The molecule has 0 atom stereocenters. The van der Waals surface area contributed by atoms with Gasteiger partial charge in [-0.2, -0.15) is 5.10 Å². The summed E-state index contributed by atoms with van der Waals surface area (Å²) in [4.78, 5) is 0.0321. The molecule has 0 bridgehead atoms. The Labute approximate surface area is 113 Å². The van der Waals surface area contributed by atoms with E-state index in [4.69, 9.17) is 10.8 Å². The fourth-order valence-electron chi connectivity index (χ4n) is 1.66. The van der Waals surface area contributed by atoms with Crippen molar-refractivity contribution in [2.45, 2.75) is 44.0 Å². The van der Waals surface area contributed by atoms with E-state index < -0.39 is 10.0 Å². The third-order valence-corrected chi connectivity index (χ3v) is 4.22. The molecule has 19 heavy (non-hydrogen) atoms. The first kappa shape index (κ1) is 15.9. The number of nitrogen functional groups attached to an aromatic ring is 1. The normalized spacial score (nSPS) is 11.9. The highest BCUT2D eigenvalue weighted by atomic mass is 32.2. The van der Waals surface area contributed by atoms with Crippen molar-refractivity contribution in [3.05, 3.63) is 6.20 Å². The number of aromatic nitrogens is 2. The second kappa shape index (κ2) is 7.46. The molecule has 0 aliphatic rings. The van der Waals surface area contributed by atoms with E-state index in [2.05, 4.69) is 9.82 Å². The maximum absolute atomic E-state index is 12.0. The predicted molar refractivity (Wildman–Crippen MR) is 73.1 cm³/mol. The highest BCUT2D eigenvalue weighted by molar-refractivity contribution is 7.89. The average Bonchev–Trinajstić information content (AvgIpc) is 2.76. The molecule has 0 unspecified atom stereocenters. The second-order valence-electron chi connectivity index (χ2n) is 4.27. The standard InChI is InChI=1S/C11H22N4O3S/c1-2-15-9-10(11(12)14-15)19(17,18)13-7-5-3-4-6-8-16/h9,13,16H,2-8H2,1H3,(H2,12,14). The largest absolute Gasteiger partial charge is 0.396 e. The number of rotatable bonds is 9. The number of sulfonamides is 1. The molecule has 0 amide bonds. The minimum Gasteiger partial charge on any atom is -0.396 e. The van der Waals surface area contributed by atoms with Crippen LogP contribution in [0.4, 0.5) is 5.82 Å². The van der Waals surface area contributed by atoms with Crippen LogP contribution in [-0.2, 0) is 16.6 Å². The van der Waals surface area contributed by atoms with Gasteiger partial charge in [-0.3, -0.25) is 4.68 Å². The van der Waals surface area contributed by atoms with E-state index in [0.29, 0.717) is 13.1 Å². The van der Waals surface area contributed by atoms with Gasteiger partial charge in [0.25, 0.3) is 0 Å². The summed E-state index contributed by atoms with van der Waals surface area (Å²) in [6, 6.07) is 0. The molecule has 1 heterocycles. The lowest BCUT2D eigenvalue weighted by Gasteiger charge is -2.05. The van der Waals surface area contributed by atoms with Gasteiger partial charge in [-0.25, -0.2) is 13.1 Å². The van der Waals surface area contributed by atoms with Gasteiger partial charge in [-0.05, 0) is 19.8 Å². The summed E-state index contributed by atoms with van der Waals surface area (Å²) < 4.78 is 28.0. The van der Waals surface area contributed by atoms with E-state index in [1.54, 1.807) is 0 Å². The Balaban J connectivity index is 2.49. The Morgan fingerprint density at radius 1 is 1.37 bits per heavy atom. The predicted octanol–water partition coefficient (Wildman–Crippen LogP) is 0.316. The van der Waals surface area contributed by atoms with Gasteiger partial charge in [-0.15, -0.1) is 0 Å². The number of unbranched alkanes of at least 4 members (excludes halogenated alkanes) is 3. The van der Waals surface area contributed by atoms with Crippen molar-refractivity contribution < 1.29 is 13.5 Å². The van der Waals surface area contributed by atoms with E-state index in [1.165, 1.54) is 10.9 Å². The number of hydrogen-bond acceptors (Lipinski definition) is 5. The van der Waals surface area contributed by atoms with Gasteiger partial charge in [0.2, 0.25) is 10.0 Å². The Morgan fingerprint density at radius 3 is 2.63 bits per heavy atom. The Morgan fingerprint density at radius 2 is 2.05 bits per heavy atom. The first-order valence-corrected chi connectivity index (χ1v) is 7.93. The Hall–Kier alpha value is -1.12. The van der Waals surface area contributed by atoms with Gasteiger partial charge < -0.3 is 10.8 Å². The Bertz CT molecular complexity index is 484.